The first-order valence-electron chi connectivity index (χ1n) is 22.8. The van der Waals surface area contributed by atoms with Crippen LogP contribution in [0, 0.1) is 56.7 Å². The van der Waals surface area contributed by atoms with Gasteiger partial charge in [-0.3, -0.25) is 4.79 Å². The molecule has 7 aliphatic rings. The van der Waals surface area contributed by atoms with Crippen LogP contribution in [0.25, 0.3) is 0 Å². The number of carbonyl (C=O) groups is 1. The van der Waals surface area contributed by atoms with Gasteiger partial charge in [0.25, 0.3) is 11.7 Å². The van der Waals surface area contributed by atoms with E-state index in [2.05, 4.69) is 74.9 Å². The number of ether oxygens (including phenoxy) is 1. The Morgan fingerprint density at radius 2 is 1.76 bits per heavy atom. The lowest BCUT2D eigenvalue weighted by atomic mass is 9.33. The molecule has 0 radical (unpaired) electrons. The van der Waals surface area contributed by atoms with Crippen LogP contribution < -0.4 is 14.0 Å². The van der Waals surface area contributed by atoms with Gasteiger partial charge in [0.05, 0.1) is 11.5 Å². The summed E-state index contributed by atoms with van der Waals surface area (Å²) in [7, 11) is -2.87. The highest BCUT2D eigenvalue weighted by atomic mass is 32.2. The summed E-state index contributed by atoms with van der Waals surface area (Å²) < 4.78 is 36.5. The van der Waals surface area contributed by atoms with E-state index in [-0.39, 0.29) is 33.8 Å². The third-order valence-electron chi connectivity index (χ3n) is 18.7. The number of fused-ring (bicyclic) bond motifs is 7. The third kappa shape index (κ3) is 6.72. The fourth-order valence-electron chi connectivity index (χ4n) is 15.3. The molecule has 5 fully saturated rings. The summed E-state index contributed by atoms with van der Waals surface area (Å²) in [6, 6.07) is 0. The van der Waals surface area contributed by atoms with E-state index in [9.17, 15) is 18.3 Å². The van der Waals surface area contributed by atoms with Crippen LogP contribution in [0.1, 0.15) is 126 Å². The van der Waals surface area contributed by atoms with Crippen molar-refractivity contribution in [2.75, 3.05) is 44.3 Å². The number of aliphatic carboxylic acids is 1. The van der Waals surface area contributed by atoms with Gasteiger partial charge in [-0.1, -0.05) is 58.9 Å². The molecule has 9 nitrogen and oxygen atoms in total. The van der Waals surface area contributed by atoms with Crippen molar-refractivity contribution >= 4 is 27.5 Å². The van der Waals surface area contributed by atoms with E-state index in [1.54, 1.807) is 6.20 Å². The number of nitrogens with zero attached hydrogens (tertiary/aromatic N) is 3. The van der Waals surface area contributed by atoms with Crippen LogP contribution in [0.2, 0.25) is 0 Å². The number of aromatic nitrogens is 2. The number of carboxylic acids is 1. The predicted octanol–water partition coefficient (Wildman–Crippen LogP) is 8.28. The zero-order valence-corrected chi connectivity index (χ0v) is 38.3. The summed E-state index contributed by atoms with van der Waals surface area (Å²) in [5.41, 5.74) is 4.15. The largest absolute Gasteiger partial charge is 0.481 e. The maximum absolute atomic E-state index is 12.8. The molecular formula is C47H73N4O5S2+. The molecule has 11 heteroatoms. The Morgan fingerprint density at radius 1 is 1.00 bits per heavy atom. The zero-order valence-electron chi connectivity index (χ0n) is 36.7. The molecule has 10 atom stereocenters. The van der Waals surface area contributed by atoms with Gasteiger partial charge in [0.1, 0.15) is 18.6 Å². The molecule has 322 valence electrons. The molecule has 0 bridgehead atoms. The van der Waals surface area contributed by atoms with Gasteiger partial charge in [-0.15, -0.1) is 3.96 Å². The van der Waals surface area contributed by atoms with E-state index < -0.39 is 21.2 Å². The first kappa shape index (κ1) is 42.6. The van der Waals surface area contributed by atoms with Crippen molar-refractivity contribution in [2.45, 2.75) is 138 Å². The van der Waals surface area contributed by atoms with Crippen molar-refractivity contribution < 1.29 is 27.0 Å². The van der Waals surface area contributed by atoms with Gasteiger partial charge >= 0.3 is 11.8 Å². The maximum atomic E-state index is 12.8. The molecule has 4 saturated carbocycles. The average molecular weight is 838 g/mol. The van der Waals surface area contributed by atoms with Gasteiger partial charge in [0.15, 0.2) is 9.84 Å². The van der Waals surface area contributed by atoms with Crippen LogP contribution in [0.15, 0.2) is 41.6 Å². The van der Waals surface area contributed by atoms with Crippen LogP contribution in [0.4, 0.5) is 0 Å². The number of carboxylic acid groups (broad SMARTS) is 1. The number of hydrogen-bond acceptors (Lipinski definition) is 8. The standard InChI is InChI=1S/C47H72N4O5S2/c1-9-51-39(30-49-57-51)56-31-46(41(52)53)19-12-33(13-20-46)35-15-17-43(6)37(42(35,4)5)16-18-45(8)38(43)11-10-36-40-34(32(2)3)14-21-47(40,23-22-44(36,45)7)48-24-25-50-26-28-58(54,55)29-27-50/h12,15,30,34,36-38,40,48H,2,9-11,13-14,16-29,31H2,1,3-8H3/p+1/t34-,36+,37-,38+,40+,43-,44+,45+,46?,47-/m0/s1. The summed E-state index contributed by atoms with van der Waals surface area (Å²) in [5.74, 6) is 3.52. The molecule has 2 heterocycles. The molecule has 0 spiro atoms. The average Bonchev–Trinajstić information content (AvgIpc) is 3.80. The van der Waals surface area contributed by atoms with E-state index >= 15 is 0 Å². The highest BCUT2D eigenvalue weighted by Crippen LogP contribution is 2.76. The van der Waals surface area contributed by atoms with Crippen molar-refractivity contribution in [3.8, 4) is 5.88 Å². The number of sulfone groups is 1. The molecule has 2 N–H and O–H groups in total. The van der Waals surface area contributed by atoms with E-state index in [4.69, 9.17) is 4.74 Å². The molecule has 0 amide bonds. The molecule has 1 saturated heterocycles. The highest BCUT2D eigenvalue weighted by Gasteiger charge is 2.70. The lowest BCUT2D eigenvalue weighted by Crippen LogP contribution is -2.68. The summed E-state index contributed by atoms with van der Waals surface area (Å²) in [6.45, 7) is 26.1. The van der Waals surface area contributed by atoms with Gasteiger partial charge in [-0.05, 0) is 153 Å². The van der Waals surface area contributed by atoms with Crippen LogP contribution in [-0.2, 0) is 21.2 Å². The fourth-order valence-corrected chi connectivity index (χ4v) is 17.2. The molecule has 58 heavy (non-hydrogen) atoms. The molecule has 0 aromatic carbocycles. The monoisotopic (exact) mass is 838 g/mol. The Morgan fingerprint density at radius 3 is 2.43 bits per heavy atom. The summed E-state index contributed by atoms with van der Waals surface area (Å²) in [4.78, 5) is 15.2. The van der Waals surface area contributed by atoms with Crippen LogP contribution >= 0.6 is 11.7 Å². The second kappa shape index (κ2) is 15.1. The first-order valence-corrected chi connectivity index (χ1v) is 25.3. The summed E-state index contributed by atoms with van der Waals surface area (Å²) in [5, 5.41) is 14.7. The Bertz CT molecular complexity index is 1940. The minimum atomic E-state index is -2.87. The quantitative estimate of drug-likeness (QED) is 0.169. The van der Waals surface area contributed by atoms with Crippen LogP contribution in [-0.4, -0.2) is 78.6 Å². The first-order chi connectivity index (χ1) is 27.3. The van der Waals surface area contributed by atoms with Gasteiger partial charge in [0.2, 0.25) is 6.20 Å². The van der Waals surface area contributed by atoms with Crippen molar-refractivity contribution in [1.82, 2.24) is 14.6 Å². The minimum absolute atomic E-state index is 0.00728. The minimum Gasteiger partial charge on any atom is -0.481 e. The van der Waals surface area contributed by atoms with Crippen molar-refractivity contribution in [1.29, 1.82) is 0 Å². The van der Waals surface area contributed by atoms with Gasteiger partial charge in [-0.2, -0.15) is 0 Å². The fraction of sp³-hybridized carbons (Fsp3) is 0.809. The van der Waals surface area contributed by atoms with Crippen LogP contribution in [0.3, 0.4) is 0 Å². The number of rotatable bonds is 11. The Balaban J connectivity index is 1.01. The topological polar surface area (TPSA) is 113 Å². The normalized spacial score (nSPS) is 41.9. The lowest BCUT2D eigenvalue weighted by Gasteiger charge is -2.72. The number of hydrogen-bond donors (Lipinski definition) is 2. The van der Waals surface area contributed by atoms with E-state index in [1.807, 2.05) is 10.9 Å². The number of aryl methyl sites for hydroxylation is 1. The van der Waals surface area contributed by atoms with Gasteiger partial charge in [-0.25, -0.2) is 8.42 Å². The van der Waals surface area contributed by atoms with Crippen molar-refractivity contribution in [3.05, 3.63) is 41.6 Å². The van der Waals surface area contributed by atoms with E-state index in [0.29, 0.717) is 72.9 Å². The van der Waals surface area contributed by atoms with Crippen molar-refractivity contribution in [2.24, 2.45) is 56.7 Å². The van der Waals surface area contributed by atoms with E-state index in [0.717, 1.165) is 32.5 Å². The number of allylic oxidation sites excluding steroid dienone is 5. The van der Waals surface area contributed by atoms with Crippen LogP contribution in [0.5, 0.6) is 5.88 Å². The molecule has 1 aromatic heterocycles. The second-order valence-electron chi connectivity index (χ2n) is 21.5. The third-order valence-corrected chi connectivity index (χ3v) is 21.2. The van der Waals surface area contributed by atoms with E-state index in [1.165, 1.54) is 79.8 Å². The molecule has 6 aliphatic carbocycles. The number of nitrogens with one attached hydrogen (secondary N) is 1. The Labute approximate surface area is 353 Å². The van der Waals surface area contributed by atoms with Crippen molar-refractivity contribution in [3.63, 3.8) is 0 Å². The SMILES string of the molecule is C=C(C)[C@@H]1CC[C@]2(NCCN3CCS(=O)(=O)CC3)CC[C@]3(C)[C@H](CC[C@@H]4[C@@]5(C)CC=C(C6=CCC(COc7cns[n+]7CC)(C(=O)O)CC6)C(C)(C)[C@@H]5CC[C@]43C)[C@@H]12. The van der Waals surface area contributed by atoms with Gasteiger partial charge < -0.3 is 20.1 Å². The second-order valence-corrected chi connectivity index (χ2v) is 24.6. The lowest BCUT2D eigenvalue weighted by molar-refractivity contribution is -0.632. The molecule has 1 aromatic rings. The molecule has 1 unspecified atom stereocenters. The maximum Gasteiger partial charge on any atom is 0.342 e. The van der Waals surface area contributed by atoms with Gasteiger partial charge in [0, 0.05) is 36.1 Å². The predicted molar refractivity (Wildman–Crippen MR) is 231 cm³/mol. The molecule has 1 aliphatic heterocycles. The molecular weight excluding hydrogens is 765 g/mol. The molecule has 8 rings (SSSR count). The summed E-state index contributed by atoms with van der Waals surface area (Å²) in [6.07, 6.45) is 19.6. The Kier molecular flexibility index (Phi) is 11.1. The highest BCUT2D eigenvalue weighted by molar-refractivity contribution is 7.91. The summed E-state index contributed by atoms with van der Waals surface area (Å²) >= 11 is 1.35. The smallest absolute Gasteiger partial charge is 0.342 e. The zero-order chi connectivity index (χ0) is 41.5. The Hall–Kier alpha value is -2.08.